The number of nitrogens with one attached hydrogen (secondary N) is 1. The van der Waals surface area contributed by atoms with Gasteiger partial charge in [0.05, 0.1) is 11.7 Å². The van der Waals surface area contributed by atoms with Crippen LogP contribution in [0.3, 0.4) is 0 Å². The van der Waals surface area contributed by atoms with E-state index in [9.17, 15) is 14.7 Å². The Balaban J connectivity index is 2.34. The minimum Gasteiger partial charge on any atom is -0.481 e. The largest absolute Gasteiger partial charge is 0.481 e. The first-order valence-corrected chi connectivity index (χ1v) is 6.20. The van der Waals surface area contributed by atoms with Crippen LogP contribution in [-0.4, -0.2) is 34.1 Å². The van der Waals surface area contributed by atoms with Crippen LogP contribution in [0.5, 0.6) is 0 Å². The Hall–Kier alpha value is -2.05. The summed E-state index contributed by atoms with van der Waals surface area (Å²) in [5.41, 5.74) is 4.53. The summed E-state index contributed by atoms with van der Waals surface area (Å²) in [5, 5.41) is 9.48. The Kier molecular flexibility index (Phi) is 3.21. The van der Waals surface area contributed by atoms with Gasteiger partial charge in [-0.25, -0.2) is 4.98 Å². The lowest BCUT2D eigenvalue weighted by atomic mass is 9.76. The highest BCUT2D eigenvalue weighted by molar-refractivity contribution is 5.77. The molecule has 0 bridgehead atoms. The van der Waals surface area contributed by atoms with Crippen LogP contribution < -0.4 is 16.2 Å². The molecule has 0 aromatic carbocycles. The van der Waals surface area contributed by atoms with E-state index in [0.29, 0.717) is 25.3 Å². The van der Waals surface area contributed by atoms with Gasteiger partial charge < -0.3 is 20.7 Å². The van der Waals surface area contributed by atoms with E-state index in [-0.39, 0.29) is 11.6 Å². The lowest BCUT2D eigenvalue weighted by Gasteiger charge is -2.29. The molecular weight excluding hydrogens is 248 g/mol. The minimum atomic E-state index is -0.812. The van der Waals surface area contributed by atoms with Gasteiger partial charge in [-0.3, -0.25) is 9.59 Å². The van der Waals surface area contributed by atoms with Crippen LogP contribution in [0.25, 0.3) is 0 Å². The third kappa shape index (κ3) is 2.05. The average molecular weight is 266 g/mol. The van der Waals surface area contributed by atoms with Gasteiger partial charge in [0, 0.05) is 13.1 Å². The number of hydrogen-bond donors (Lipinski definition) is 3. The van der Waals surface area contributed by atoms with Crippen molar-refractivity contribution in [2.45, 2.75) is 20.3 Å². The highest BCUT2D eigenvalue weighted by Crippen LogP contribution is 2.40. The number of aromatic nitrogens is 2. The van der Waals surface area contributed by atoms with E-state index in [4.69, 9.17) is 5.73 Å². The monoisotopic (exact) mass is 266 g/mol. The topological polar surface area (TPSA) is 112 Å². The van der Waals surface area contributed by atoms with Crippen LogP contribution in [0, 0.1) is 11.3 Å². The summed E-state index contributed by atoms with van der Waals surface area (Å²) in [6.07, 6.45) is 1.80. The number of nitrogens with two attached hydrogens (primary N) is 1. The molecule has 7 nitrogen and oxygen atoms in total. The number of carbonyl (C=O) groups is 1. The molecule has 0 aliphatic carbocycles. The summed E-state index contributed by atoms with van der Waals surface area (Å²) in [6, 6.07) is 0. The molecule has 1 saturated heterocycles. The van der Waals surface area contributed by atoms with E-state index in [0.717, 1.165) is 0 Å². The molecule has 1 aromatic rings. The van der Waals surface area contributed by atoms with Gasteiger partial charge in [-0.2, -0.15) is 0 Å². The maximum atomic E-state index is 11.5. The number of hydrogen-bond acceptors (Lipinski definition) is 5. The average Bonchev–Trinajstić information content (AvgIpc) is 2.79. The number of anilines is 2. The van der Waals surface area contributed by atoms with Crippen molar-refractivity contribution >= 4 is 17.5 Å². The van der Waals surface area contributed by atoms with Gasteiger partial charge in [0.25, 0.3) is 5.56 Å². The lowest BCUT2D eigenvalue weighted by Crippen LogP contribution is -2.39. The van der Waals surface area contributed by atoms with Gasteiger partial charge in [0.1, 0.15) is 5.69 Å². The molecule has 1 atom stereocenters. The molecule has 4 N–H and O–H groups in total. The SMILES string of the molecule is CC(C)C1(C(=O)O)CCN(c2nc[nH]c(=O)c2N)C1. The van der Waals surface area contributed by atoms with E-state index < -0.39 is 16.9 Å². The quantitative estimate of drug-likeness (QED) is 0.724. The molecule has 2 heterocycles. The van der Waals surface area contributed by atoms with Crippen LogP contribution in [0.1, 0.15) is 20.3 Å². The van der Waals surface area contributed by atoms with Crippen molar-refractivity contribution in [2.75, 3.05) is 23.7 Å². The van der Waals surface area contributed by atoms with E-state index in [1.807, 2.05) is 13.8 Å². The molecule has 19 heavy (non-hydrogen) atoms. The van der Waals surface area contributed by atoms with Gasteiger partial charge in [-0.1, -0.05) is 13.8 Å². The number of nitrogen functional groups attached to an aromatic ring is 1. The Morgan fingerprint density at radius 2 is 2.32 bits per heavy atom. The summed E-state index contributed by atoms with van der Waals surface area (Å²) >= 11 is 0. The highest BCUT2D eigenvalue weighted by atomic mass is 16.4. The molecule has 2 rings (SSSR count). The first-order valence-electron chi connectivity index (χ1n) is 6.20. The van der Waals surface area contributed by atoms with E-state index in [2.05, 4.69) is 9.97 Å². The van der Waals surface area contributed by atoms with Crippen LogP contribution >= 0.6 is 0 Å². The molecule has 1 aliphatic rings. The second-order valence-electron chi connectivity index (χ2n) is 5.26. The summed E-state index contributed by atoms with van der Waals surface area (Å²) in [4.78, 5) is 31.2. The molecular formula is C12H18N4O3. The van der Waals surface area contributed by atoms with Gasteiger partial charge in [0.15, 0.2) is 5.82 Å². The lowest BCUT2D eigenvalue weighted by molar-refractivity contribution is -0.150. The van der Waals surface area contributed by atoms with E-state index in [1.165, 1.54) is 6.33 Å². The molecule has 0 amide bonds. The second kappa shape index (κ2) is 4.56. The summed E-state index contributed by atoms with van der Waals surface area (Å²) < 4.78 is 0. The van der Waals surface area contributed by atoms with Gasteiger partial charge in [-0.15, -0.1) is 0 Å². The van der Waals surface area contributed by atoms with Crippen molar-refractivity contribution in [3.8, 4) is 0 Å². The maximum absolute atomic E-state index is 11.5. The fourth-order valence-corrected chi connectivity index (χ4v) is 2.56. The third-order valence-corrected chi connectivity index (χ3v) is 4.00. The molecule has 1 aromatic heterocycles. The summed E-state index contributed by atoms with van der Waals surface area (Å²) in [5.74, 6) is -0.445. The van der Waals surface area contributed by atoms with Crippen LogP contribution in [-0.2, 0) is 4.79 Å². The number of aromatic amines is 1. The standard InChI is InChI=1S/C12H18N4O3/c1-7(2)12(11(18)19)3-4-16(5-12)9-8(13)10(17)15-6-14-9/h6-7H,3-5,13H2,1-2H3,(H,18,19)(H,14,15,17). The van der Waals surface area contributed by atoms with Gasteiger partial charge in [0.2, 0.25) is 0 Å². The smallest absolute Gasteiger partial charge is 0.311 e. The Bertz CT molecular complexity index is 554. The van der Waals surface area contributed by atoms with Crippen LogP contribution in [0.15, 0.2) is 11.1 Å². The van der Waals surface area contributed by atoms with Crippen molar-refractivity contribution in [3.63, 3.8) is 0 Å². The zero-order valence-electron chi connectivity index (χ0n) is 11.0. The van der Waals surface area contributed by atoms with Crippen molar-refractivity contribution in [1.82, 2.24) is 9.97 Å². The Labute approximate surface area is 110 Å². The minimum absolute atomic E-state index is 0.00165. The first kappa shape index (κ1) is 13.4. The van der Waals surface area contributed by atoms with Crippen molar-refractivity contribution in [2.24, 2.45) is 11.3 Å². The van der Waals surface area contributed by atoms with Gasteiger partial charge >= 0.3 is 5.97 Å². The number of carboxylic acid groups (broad SMARTS) is 1. The maximum Gasteiger partial charge on any atom is 0.311 e. The fraction of sp³-hybridized carbons (Fsp3) is 0.583. The normalized spacial score (nSPS) is 23.0. The number of H-pyrrole nitrogens is 1. The molecule has 0 spiro atoms. The predicted octanol–water partition coefficient (Wildman–Crippen LogP) is 0.289. The molecule has 104 valence electrons. The number of nitrogens with zero attached hydrogens (tertiary/aromatic N) is 2. The fourth-order valence-electron chi connectivity index (χ4n) is 2.56. The van der Waals surface area contributed by atoms with Crippen molar-refractivity contribution in [3.05, 3.63) is 16.7 Å². The zero-order valence-corrected chi connectivity index (χ0v) is 11.0. The number of carboxylic acids is 1. The molecule has 1 aliphatic heterocycles. The molecule has 7 heteroatoms. The predicted molar refractivity (Wildman–Crippen MR) is 71.0 cm³/mol. The Morgan fingerprint density at radius 3 is 2.84 bits per heavy atom. The number of rotatable bonds is 3. The van der Waals surface area contributed by atoms with Crippen molar-refractivity contribution < 1.29 is 9.90 Å². The molecule has 0 saturated carbocycles. The van der Waals surface area contributed by atoms with E-state index >= 15 is 0 Å². The first-order chi connectivity index (χ1) is 8.88. The van der Waals surface area contributed by atoms with Crippen molar-refractivity contribution in [1.29, 1.82) is 0 Å². The molecule has 1 unspecified atom stereocenters. The molecule has 0 radical (unpaired) electrons. The van der Waals surface area contributed by atoms with E-state index in [1.54, 1.807) is 4.90 Å². The number of aliphatic carboxylic acids is 1. The zero-order chi connectivity index (χ0) is 14.2. The second-order valence-corrected chi connectivity index (χ2v) is 5.26. The van der Waals surface area contributed by atoms with Crippen LogP contribution in [0.2, 0.25) is 0 Å². The third-order valence-electron chi connectivity index (χ3n) is 4.00. The highest BCUT2D eigenvalue weighted by Gasteiger charge is 2.47. The van der Waals surface area contributed by atoms with Crippen LogP contribution in [0.4, 0.5) is 11.5 Å². The summed E-state index contributed by atoms with van der Waals surface area (Å²) in [6.45, 7) is 4.64. The summed E-state index contributed by atoms with van der Waals surface area (Å²) in [7, 11) is 0. The molecule has 1 fully saturated rings. The van der Waals surface area contributed by atoms with Gasteiger partial charge in [-0.05, 0) is 12.3 Å². The Morgan fingerprint density at radius 1 is 1.63 bits per heavy atom.